The summed E-state index contributed by atoms with van der Waals surface area (Å²) in [7, 11) is 0. The summed E-state index contributed by atoms with van der Waals surface area (Å²) in [5.74, 6) is -0.300. The number of nitro benzene ring substituents is 1. The lowest BCUT2D eigenvalue weighted by molar-refractivity contribution is -0.384. The van der Waals surface area contributed by atoms with E-state index in [0.717, 1.165) is 0 Å². The lowest BCUT2D eigenvalue weighted by Gasteiger charge is -1.92. The number of non-ortho nitro benzene ring substituents is 1. The van der Waals surface area contributed by atoms with Crippen molar-refractivity contribution in [3.63, 3.8) is 0 Å². The summed E-state index contributed by atoms with van der Waals surface area (Å²) in [5, 5.41) is 19.3. The molecule has 0 saturated carbocycles. The van der Waals surface area contributed by atoms with Gasteiger partial charge in [0.05, 0.1) is 10.5 Å². The maximum absolute atomic E-state index is 10.8. The first-order valence-corrected chi connectivity index (χ1v) is 3.84. The molecular weight excluding hydrogens is 186 g/mol. The minimum absolute atomic E-state index is 0.0949. The zero-order valence-corrected chi connectivity index (χ0v) is 6.93. The Kier molecular flexibility index (Phi) is 1.60. The fraction of sp³-hybridized carbons (Fsp3) is 0. The van der Waals surface area contributed by atoms with Crippen molar-refractivity contribution in [2.75, 3.05) is 0 Å². The second-order valence-corrected chi connectivity index (χ2v) is 2.86. The van der Waals surface area contributed by atoms with E-state index in [0.29, 0.717) is 5.56 Å². The SMILES string of the molecule is O=c1c(O)c1-c1cccc([N+](=O)[O-])c1. The van der Waals surface area contributed by atoms with E-state index in [9.17, 15) is 14.9 Å². The quantitative estimate of drug-likeness (QED) is 0.571. The van der Waals surface area contributed by atoms with Crippen LogP contribution in [-0.2, 0) is 0 Å². The van der Waals surface area contributed by atoms with Crippen LogP contribution in [0.3, 0.4) is 0 Å². The minimum atomic E-state index is -0.548. The molecule has 0 saturated heterocycles. The molecule has 2 aromatic carbocycles. The third-order valence-corrected chi connectivity index (χ3v) is 1.96. The molecule has 0 aliphatic rings. The van der Waals surface area contributed by atoms with Gasteiger partial charge in [-0.2, -0.15) is 0 Å². The predicted molar refractivity (Wildman–Crippen MR) is 48.8 cm³/mol. The molecule has 5 nitrogen and oxygen atoms in total. The second-order valence-electron chi connectivity index (χ2n) is 2.86. The van der Waals surface area contributed by atoms with Crippen molar-refractivity contribution in [1.82, 2.24) is 0 Å². The molecule has 0 spiro atoms. The predicted octanol–water partition coefficient (Wildman–Crippen LogP) is 1.20. The molecule has 0 radical (unpaired) electrons. The van der Waals surface area contributed by atoms with Gasteiger partial charge in [0.1, 0.15) is 0 Å². The van der Waals surface area contributed by atoms with Crippen LogP contribution >= 0.6 is 0 Å². The normalized spacial score (nSPS) is 10.6. The van der Waals surface area contributed by atoms with Gasteiger partial charge >= 0.3 is 0 Å². The van der Waals surface area contributed by atoms with E-state index in [1.807, 2.05) is 0 Å². The van der Waals surface area contributed by atoms with Crippen LogP contribution in [0.2, 0.25) is 0 Å². The maximum atomic E-state index is 10.8. The van der Waals surface area contributed by atoms with E-state index in [-0.39, 0.29) is 17.0 Å². The van der Waals surface area contributed by atoms with Crippen molar-refractivity contribution in [3.8, 4) is 16.9 Å². The van der Waals surface area contributed by atoms with Crippen LogP contribution in [0.15, 0.2) is 29.1 Å². The Morgan fingerprint density at radius 2 is 2.00 bits per heavy atom. The molecule has 5 heteroatoms. The maximum Gasteiger partial charge on any atom is 0.270 e. The molecule has 0 bridgehead atoms. The fourth-order valence-electron chi connectivity index (χ4n) is 1.20. The highest BCUT2D eigenvalue weighted by molar-refractivity contribution is 5.80. The summed E-state index contributed by atoms with van der Waals surface area (Å²) in [4.78, 5) is 20.7. The van der Waals surface area contributed by atoms with Crippen molar-refractivity contribution < 1.29 is 10.0 Å². The largest absolute Gasteiger partial charge is 0.504 e. The van der Waals surface area contributed by atoms with Gasteiger partial charge in [-0.15, -0.1) is 0 Å². The van der Waals surface area contributed by atoms with Gasteiger partial charge in [-0.3, -0.25) is 14.9 Å². The average Bonchev–Trinajstić information content (AvgIpc) is 2.75. The van der Waals surface area contributed by atoms with Crippen LogP contribution in [0.25, 0.3) is 11.1 Å². The minimum Gasteiger partial charge on any atom is -0.504 e. The summed E-state index contributed by atoms with van der Waals surface area (Å²) in [6.07, 6.45) is 0. The molecule has 2 aromatic rings. The number of aromatic hydroxyl groups is 1. The Labute approximate surface area is 78.1 Å². The Balaban J connectivity index is 2.47. The number of nitrogens with zero attached hydrogens (tertiary/aromatic N) is 1. The van der Waals surface area contributed by atoms with E-state index in [4.69, 9.17) is 5.11 Å². The Morgan fingerprint density at radius 3 is 2.50 bits per heavy atom. The molecule has 0 aliphatic carbocycles. The zero-order chi connectivity index (χ0) is 10.3. The van der Waals surface area contributed by atoms with E-state index in [2.05, 4.69) is 0 Å². The lowest BCUT2D eigenvalue weighted by Crippen LogP contribution is -1.87. The molecular formula is C9H5NO4. The molecule has 70 valence electrons. The van der Waals surface area contributed by atoms with Gasteiger partial charge in [0, 0.05) is 12.1 Å². The van der Waals surface area contributed by atoms with E-state index in [1.54, 1.807) is 6.07 Å². The molecule has 0 unspecified atom stereocenters. The van der Waals surface area contributed by atoms with Crippen LogP contribution in [0.4, 0.5) is 5.69 Å². The molecule has 1 N–H and O–H groups in total. The molecule has 2 rings (SSSR count). The fourth-order valence-corrected chi connectivity index (χ4v) is 1.20. The number of rotatable bonds is 2. The van der Waals surface area contributed by atoms with Gasteiger partial charge in [0.2, 0.25) is 5.43 Å². The number of nitro groups is 1. The van der Waals surface area contributed by atoms with Crippen LogP contribution in [-0.4, -0.2) is 10.0 Å². The van der Waals surface area contributed by atoms with Crippen LogP contribution < -0.4 is 5.43 Å². The highest BCUT2D eigenvalue weighted by Crippen LogP contribution is 2.32. The van der Waals surface area contributed by atoms with Crippen molar-refractivity contribution in [3.05, 3.63) is 44.6 Å². The molecule has 14 heavy (non-hydrogen) atoms. The van der Waals surface area contributed by atoms with Crippen molar-refractivity contribution in [1.29, 1.82) is 0 Å². The van der Waals surface area contributed by atoms with Crippen molar-refractivity contribution in [2.24, 2.45) is 0 Å². The second kappa shape index (κ2) is 2.66. The first kappa shape index (κ1) is 8.43. The molecule has 0 fully saturated rings. The van der Waals surface area contributed by atoms with E-state index >= 15 is 0 Å². The van der Waals surface area contributed by atoms with Gasteiger partial charge in [0.25, 0.3) is 5.69 Å². The number of hydrogen-bond acceptors (Lipinski definition) is 4. The van der Waals surface area contributed by atoms with Crippen LogP contribution in [0.1, 0.15) is 0 Å². The molecule has 0 aliphatic heterocycles. The zero-order valence-electron chi connectivity index (χ0n) is 6.93. The summed E-state index contributed by atoms with van der Waals surface area (Å²) in [5.41, 5.74) is 0.0309. The van der Waals surface area contributed by atoms with Gasteiger partial charge in [-0.05, 0) is 5.56 Å². The molecule has 0 amide bonds. The Bertz CT molecular complexity index is 522. The molecule has 0 atom stereocenters. The summed E-state index contributed by atoms with van der Waals surface area (Å²) < 4.78 is 0. The van der Waals surface area contributed by atoms with Crippen LogP contribution in [0, 0.1) is 10.1 Å². The average molecular weight is 191 g/mol. The highest BCUT2D eigenvalue weighted by Gasteiger charge is 2.24. The summed E-state index contributed by atoms with van der Waals surface area (Å²) in [6, 6.07) is 5.60. The van der Waals surface area contributed by atoms with Crippen LogP contribution in [0.5, 0.6) is 5.75 Å². The number of hydrogen-bond donors (Lipinski definition) is 1. The van der Waals surface area contributed by atoms with Gasteiger partial charge in [0.15, 0.2) is 5.75 Å². The lowest BCUT2D eigenvalue weighted by atomic mass is 10.1. The smallest absolute Gasteiger partial charge is 0.270 e. The first-order chi connectivity index (χ1) is 6.61. The van der Waals surface area contributed by atoms with Crippen molar-refractivity contribution >= 4 is 5.69 Å². The standard InChI is InChI=1S/C9H5NO4/c11-8-7(9(8)12)5-2-1-3-6(4-5)10(13)14/h1-4,11H. The van der Waals surface area contributed by atoms with Crippen molar-refractivity contribution in [2.45, 2.75) is 0 Å². The van der Waals surface area contributed by atoms with Gasteiger partial charge in [-0.1, -0.05) is 12.1 Å². The topological polar surface area (TPSA) is 80.4 Å². The molecule has 0 heterocycles. The summed E-state index contributed by atoms with van der Waals surface area (Å²) >= 11 is 0. The van der Waals surface area contributed by atoms with E-state index in [1.165, 1.54) is 18.2 Å². The monoisotopic (exact) mass is 191 g/mol. The third-order valence-electron chi connectivity index (χ3n) is 1.96. The first-order valence-electron chi connectivity index (χ1n) is 3.84. The molecule has 0 aromatic heterocycles. The Hall–Kier alpha value is -2.17. The highest BCUT2D eigenvalue weighted by atomic mass is 16.6. The summed E-state index contributed by atoms with van der Waals surface area (Å²) in [6.45, 7) is 0. The third kappa shape index (κ3) is 1.15. The van der Waals surface area contributed by atoms with Gasteiger partial charge < -0.3 is 5.11 Å². The van der Waals surface area contributed by atoms with E-state index < -0.39 is 10.4 Å². The Morgan fingerprint density at radius 1 is 1.36 bits per heavy atom. The van der Waals surface area contributed by atoms with Gasteiger partial charge in [-0.25, -0.2) is 0 Å². The number of benzene rings is 1.